The van der Waals surface area contributed by atoms with Crippen molar-refractivity contribution in [3.8, 4) is 5.75 Å². The summed E-state index contributed by atoms with van der Waals surface area (Å²) in [6.07, 6.45) is -7.82. The van der Waals surface area contributed by atoms with E-state index in [1.165, 1.54) is 0 Å². The molecule has 6 atom stereocenters. The Morgan fingerprint density at radius 3 is 2.02 bits per heavy atom. The monoisotopic (exact) mass is 649 g/mol. The molecule has 2 aromatic rings. The highest BCUT2D eigenvalue weighted by atomic mass is 79.9. The van der Waals surface area contributed by atoms with Gasteiger partial charge in [-0.2, -0.15) is 26.3 Å². The Morgan fingerprint density at radius 1 is 0.927 bits per heavy atom. The quantitative estimate of drug-likeness (QED) is 0.307. The minimum absolute atomic E-state index is 0. The SMILES string of the molecule is COc1ccc(CO[C@]2(C(C)C)C[N@+]3(Cc4cc(C(F)(F)F)cc(C(F)(F)F)c4)C[C@@H](C)[C@@H]4CC[C@H]2[C@@]43C)cc1.[Br-]. The van der Waals surface area contributed by atoms with Crippen molar-refractivity contribution in [3.63, 3.8) is 0 Å². The fourth-order valence-electron chi connectivity index (χ4n) is 8.75. The molecule has 1 aliphatic carbocycles. The normalized spacial score (nSPS) is 32.7. The maximum Gasteiger partial charge on any atom is 0.416 e. The Labute approximate surface area is 248 Å². The van der Waals surface area contributed by atoms with E-state index >= 15 is 0 Å². The first kappa shape index (κ1) is 32.1. The molecule has 228 valence electrons. The molecule has 0 N–H and O–H groups in total. The van der Waals surface area contributed by atoms with E-state index < -0.39 is 29.1 Å². The van der Waals surface area contributed by atoms with Gasteiger partial charge >= 0.3 is 12.4 Å². The molecule has 0 bridgehead atoms. The van der Waals surface area contributed by atoms with Crippen LogP contribution in [0.15, 0.2) is 42.5 Å². The summed E-state index contributed by atoms with van der Waals surface area (Å²) in [4.78, 5) is 0. The highest BCUT2D eigenvalue weighted by Crippen LogP contribution is 2.67. The second kappa shape index (κ2) is 10.7. The molecule has 1 saturated carbocycles. The molecule has 2 aromatic carbocycles. The number of rotatable bonds is 7. The molecule has 0 spiro atoms. The number of quaternary nitrogens is 1. The predicted molar refractivity (Wildman–Crippen MR) is 139 cm³/mol. The molecule has 0 radical (unpaired) electrons. The van der Waals surface area contributed by atoms with Crippen LogP contribution >= 0.6 is 0 Å². The van der Waals surface area contributed by atoms with Crippen LogP contribution in [-0.4, -0.2) is 35.8 Å². The summed E-state index contributed by atoms with van der Waals surface area (Å²) in [5.41, 5.74) is -2.30. The summed E-state index contributed by atoms with van der Waals surface area (Å²) in [7, 11) is 1.61. The maximum atomic E-state index is 13.7. The Bertz CT molecular complexity index is 1220. The van der Waals surface area contributed by atoms with Crippen LogP contribution in [0, 0.1) is 23.7 Å². The van der Waals surface area contributed by atoms with E-state index in [0.29, 0.717) is 36.0 Å². The van der Waals surface area contributed by atoms with Gasteiger partial charge in [0.05, 0.1) is 31.4 Å². The van der Waals surface area contributed by atoms with Gasteiger partial charge in [-0.15, -0.1) is 0 Å². The first-order chi connectivity index (χ1) is 18.6. The van der Waals surface area contributed by atoms with Crippen LogP contribution in [0.1, 0.15) is 62.8 Å². The van der Waals surface area contributed by atoms with Crippen LogP contribution in [0.25, 0.3) is 0 Å². The third kappa shape index (κ3) is 5.20. The zero-order valence-corrected chi connectivity index (χ0v) is 25.6. The van der Waals surface area contributed by atoms with Gasteiger partial charge in [-0.1, -0.05) is 32.9 Å². The Balaban J connectivity index is 0.00000387. The third-order valence-electron chi connectivity index (χ3n) is 10.5. The highest BCUT2D eigenvalue weighted by molar-refractivity contribution is 5.34. The molecule has 2 heterocycles. The van der Waals surface area contributed by atoms with Gasteiger partial charge in [0.15, 0.2) is 0 Å². The molecule has 5 rings (SSSR count). The van der Waals surface area contributed by atoms with E-state index in [1.807, 2.05) is 24.3 Å². The number of ether oxygens (including phenoxy) is 2. The van der Waals surface area contributed by atoms with Crippen molar-refractivity contribution in [1.82, 2.24) is 0 Å². The number of nitrogens with zero attached hydrogens (tertiary/aromatic N) is 1. The summed E-state index contributed by atoms with van der Waals surface area (Å²) in [6.45, 7) is 10.4. The van der Waals surface area contributed by atoms with Crippen molar-refractivity contribution < 1.29 is 57.3 Å². The van der Waals surface area contributed by atoms with E-state index in [-0.39, 0.29) is 52.5 Å². The fraction of sp³-hybridized carbons (Fsp3) is 0.613. The maximum absolute atomic E-state index is 13.7. The largest absolute Gasteiger partial charge is 1.00 e. The minimum Gasteiger partial charge on any atom is -1.00 e. The van der Waals surface area contributed by atoms with Gasteiger partial charge in [0.2, 0.25) is 0 Å². The summed E-state index contributed by atoms with van der Waals surface area (Å²) in [5.74, 6) is 1.63. The minimum atomic E-state index is -4.87. The summed E-state index contributed by atoms with van der Waals surface area (Å²) in [6, 6.07) is 9.72. The smallest absolute Gasteiger partial charge is 0.416 e. The van der Waals surface area contributed by atoms with E-state index in [1.54, 1.807) is 7.11 Å². The van der Waals surface area contributed by atoms with Gasteiger partial charge in [0.1, 0.15) is 30.0 Å². The number of methoxy groups -OCH3 is 1. The molecule has 3 nitrogen and oxygen atoms in total. The van der Waals surface area contributed by atoms with Gasteiger partial charge in [-0.25, -0.2) is 0 Å². The molecule has 10 heteroatoms. The van der Waals surface area contributed by atoms with E-state index in [0.717, 1.165) is 36.3 Å². The van der Waals surface area contributed by atoms with Crippen LogP contribution in [-0.2, 0) is 30.2 Å². The standard InChI is InChI=1S/C31H38F6NO2.BrH/c1-19(2)29(40-17-21-6-8-25(39-5)9-7-21)18-38(15-20(3)26-10-11-27(29)28(26,38)4)16-22-12-23(30(32,33)34)14-24(13-22)31(35,36)37;/h6-9,12-14,19-20,26-27H,10-11,15-18H2,1-5H3;1H/q+1;/p-1/t20-,26+,27+,28-,29+,38-;/m1./s1. The van der Waals surface area contributed by atoms with E-state index in [2.05, 4.69) is 27.7 Å². The Morgan fingerprint density at radius 2 is 1.51 bits per heavy atom. The van der Waals surface area contributed by atoms with Gasteiger partial charge in [-0.3, -0.25) is 0 Å². The van der Waals surface area contributed by atoms with Gasteiger partial charge in [-0.05, 0) is 61.6 Å². The van der Waals surface area contributed by atoms with Crippen molar-refractivity contribution in [3.05, 3.63) is 64.7 Å². The average Bonchev–Trinajstić information content (AvgIpc) is 3.41. The van der Waals surface area contributed by atoms with Gasteiger partial charge in [0, 0.05) is 23.3 Å². The lowest BCUT2D eigenvalue weighted by molar-refractivity contribution is -0.968. The molecular weight excluding hydrogens is 612 g/mol. The molecule has 0 unspecified atom stereocenters. The second-order valence-corrected chi connectivity index (χ2v) is 12.7. The molecule has 41 heavy (non-hydrogen) atoms. The van der Waals surface area contributed by atoms with Gasteiger partial charge in [0.25, 0.3) is 0 Å². The predicted octanol–water partition coefficient (Wildman–Crippen LogP) is 5.11. The fourth-order valence-corrected chi connectivity index (χ4v) is 8.75. The molecular formula is C31H38BrF6NO2. The lowest BCUT2D eigenvalue weighted by Crippen LogP contribution is -3.00. The van der Waals surface area contributed by atoms with Crippen LogP contribution < -0.4 is 21.7 Å². The van der Waals surface area contributed by atoms with Crippen LogP contribution in [0.2, 0.25) is 0 Å². The summed E-state index contributed by atoms with van der Waals surface area (Å²) >= 11 is 0. The summed E-state index contributed by atoms with van der Waals surface area (Å²) < 4.78 is 94.9. The lowest BCUT2D eigenvalue weighted by Gasteiger charge is -2.44. The summed E-state index contributed by atoms with van der Waals surface area (Å²) in [5, 5.41) is 0. The number of hydrogen-bond acceptors (Lipinski definition) is 2. The van der Waals surface area contributed by atoms with E-state index in [4.69, 9.17) is 9.47 Å². The number of benzene rings is 2. The zero-order chi connectivity index (χ0) is 29.3. The molecule has 2 saturated heterocycles. The molecule has 3 aliphatic rings. The molecule has 0 amide bonds. The topological polar surface area (TPSA) is 18.5 Å². The van der Waals surface area contributed by atoms with Crippen LogP contribution in [0.4, 0.5) is 26.3 Å². The number of alkyl halides is 6. The van der Waals surface area contributed by atoms with E-state index in [9.17, 15) is 26.3 Å². The van der Waals surface area contributed by atoms with Crippen molar-refractivity contribution in [2.75, 3.05) is 20.2 Å². The molecule has 2 aliphatic heterocycles. The average molecular weight is 651 g/mol. The number of halogens is 7. The first-order valence-electron chi connectivity index (χ1n) is 14.0. The van der Waals surface area contributed by atoms with Gasteiger partial charge < -0.3 is 30.9 Å². The molecule has 3 fully saturated rings. The van der Waals surface area contributed by atoms with Crippen molar-refractivity contribution in [2.24, 2.45) is 23.7 Å². The van der Waals surface area contributed by atoms with Crippen LogP contribution in [0.3, 0.4) is 0 Å². The van der Waals surface area contributed by atoms with Crippen molar-refractivity contribution in [1.29, 1.82) is 0 Å². The lowest BCUT2D eigenvalue weighted by atomic mass is 9.72. The van der Waals surface area contributed by atoms with Crippen LogP contribution in [0.5, 0.6) is 5.75 Å². The van der Waals surface area contributed by atoms with Crippen molar-refractivity contribution in [2.45, 2.75) is 77.2 Å². The third-order valence-corrected chi connectivity index (χ3v) is 10.5. The highest BCUT2D eigenvalue weighted by Gasteiger charge is 2.78. The zero-order valence-electron chi connectivity index (χ0n) is 24.0. The number of hydrogen-bond donors (Lipinski definition) is 0. The Hall–Kier alpha value is -1.78. The second-order valence-electron chi connectivity index (χ2n) is 12.7. The Kier molecular flexibility index (Phi) is 8.42. The van der Waals surface area contributed by atoms with Crippen molar-refractivity contribution >= 4 is 0 Å². The first-order valence-corrected chi connectivity index (χ1v) is 14.0. The molecule has 0 aromatic heterocycles.